The number of aromatic nitrogens is 1. The van der Waals surface area contributed by atoms with E-state index >= 15 is 0 Å². The normalized spacial score (nSPS) is 12.0. The lowest BCUT2D eigenvalue weighted by Gasteiger charge is -2.16. The van der Waals surface area contributed by atoms with Gasteiger partial charge in [-0.1, -0.05) is 38.8 Å². The summed E-state index contributed by atoms with van der Waals surface area (Å²) in [5, 5.41) is 25.2. The number of nitrogens with zero attached hydrogens (tertiary/aromatic N) is 1. The zero-order valence-electron chi connectivity index (χ0n) is 24.3. The van der Waals surface area contributed by atoms with Gasteiger partial charge >= 0.3 is 6.16 Å². The SMILES string of the molecule is CCCCOCC(=O)Nc1ccc2c(c1)C(COC(=O)On1c(O)ccc1O)c1cc(NC(=O)COCCCC)ccc1-2. The number of unbranched alkanes of at least 4 members (excludes halogenated alkanes) is 2. The molecule has 4 N–H and O–H groups in total. The number of benzene rings is 2. The molecule has 1 heterocycles. The average molecular weight is 596 g/mol. The minimum atomic E-state index is -1.15. The topological polar surface area (TPSA) is 158 Å². The lowest BCUT2D eigenvalue weighted by molar-refractivity contribution is -0.121. The highest BCUT2D eigenvalue weighted by Gasteiger charge is 2.31. The van der Waals surface area contributed by atoms with E-state index in [1.807, 2.05) is 38.1 Å². The Morgan fingerprint density at radius 2 is 1.26 bits per heavy atom. The highest BCUT2D eigenvalue weighted by molar-refractivity contribution is 5.94. The van der Waals surface area contributed by atoms with Crippen molar-refractivity contribution in [2.75, 3.05) is 43.7 Å². The average Bonchev–Trinajstić information content (AvgIpc) is 3.47. The molecule has 230 valence electrons. The Balaban J connectivity index is 1.52. The molecule has 2 amide bonds. The number of hydrogen-bond donors (Lipinski definition) is 4. The minimum Gasteiger partial charge on any atom is -0.492 e. The predicted octanol–water partition coefficient (Wildman–Crippen LogP) is 4.79. The van der Waals surface area contributed by atoms with Crippen molar-refractivity contribution in [3.63, 3.8) is 0 Å². The number of carbonyl (C=O) groups is 3. The Kier molecular flexibility index (Phi) is 11.0. The van der Waals surface area contributed by atoms with Crippen LogP contribution < -0.4 is 15.5 Å². The molecule has 0 radical (unpaired) electrons. The fourth-order valence-corrected chi connectivity index (χ4v) is 4.66. The first kappa shape index (κ1) is 31.4. The van der Waals surface area contributed by atoms with Gasteiger partial charge in [0.15, 0.2) is 0 Å². The molecule has 0 spiro atoms. The summed E-state index contributed by atoms with van der Waals surface area (Å²) >= 11 is 0. The highest BCUT2D eigenvalue weighted by atomic mass is 16.8. The summed E-state index contributed by atoms with van der Waals surface area (Å²) in [5.41, 5.74) is 4.40. The number of hydrogen-bond acceptors (Lipinski definition) is 9. The van der Waals surface area contributed by atoms with Gasteiger partial charge in [0.2, 0.25) is 23.6 Å². The van der Waals surface area contributed by atoms with Gasteiger partial charge in [0.1, 0.15) is 19.8 Å². The fraction of sp³-hybridized carbons (Fsp3) is 0.387. The van der Waals surface area contributed by atoms with Crippen LogP contribution in [0.5, 0.6) is 11.8 Å². The second-order valence-electron chi connectivity index (χ2n) is 10.1. The molecule has 0 saturated heterocycles. The zero-order chi connectivity index (χ0) is 30.8. The van der Waals surface area contributed by atoms with E-state index in [0.717, 1.165) is 60.1 Å². The Labute approximate surface area is 249 Å². The Bertz CT molecular complexity index is 1340. The van der Waals surface area contributed by atoms with Crippen molar-refractivity contribution in [2.24, 2.45) is 0 Å². The summed E-state index contributed by atoms with van der Waals surface area (Å²) < 4.78 is 16.8. The Hall–Kier alpha value is -4.55. The van der Waals surface area contributed by atoms with Gasteiger partial charge in [0.05, 0.1) is 0 Å². The maximum absolute atomic E-state index is 12.5. The number of aromatic hydroxyl groups is 2. The van der Waals surface area contributed by atoms with Crippen molar-refractivity contribution in [1.82, 2.24) is 4.73 Å². The molecule has 0 atom stereocenters. The molecule has 0 saturated carbocycles. The van der Waals surface area contributed by atoms with E-state index in [1.165, 1.54) is 0 Å². The maximum atomic E-state index is 12.5. The summed E-state index contributed by atoms with van der Waals surface area (Å²) in [7, 11) is 0. The number of nitrogens with one attached hydrogen (secondary N) is 2. The summed E-state index contributed by atoms with van der Waals surface area (Å²) in [5.74, 6) is -2.03. The van der Waals surface area contributed by atoms with E-state index in [0.29, 0.717) is 29.3 Å². The number of fused-ring (bicyclic) bond motifs is 3. The lowest BCUT2D eigenvalue weighted by atomic mass is 9.97. The molecule has 1 aliphatic rings. The van der Waals surface area contributed by atoms with Gasteiger partial charge < -0.3 is 35.1 Å². The van der Waals surface area contributed by atoms with Gasteiger partial charge in [0, 0.05) is 42.6 Å². The van der Waals surface area contributed by atoms with Crippen LogP contribution in [-0.2, 0) is 23.8 Å². The van der Waals surface area contributed by atoms with Crippen LogP contribution >= 0.6 is 0 Å². The molecular weight excluding hydrogens is 558 g/mol. The first-order valence-corrected chi connectivity index (χ1v) is 14.3. The quantitative estimate of drug-likeness (QED) is 0.143. The third kappa shape index (κ3) is 8.27. The molecule has 0 aliphatic heterocycles. The summed E-state index contributed by atoms with van der Waals surface area (Å²) in [6, 6.07) is 13.2. The van der Waals surface area contributed by atoms with Crippen molar-refractivity contribution in [3.05, 3.63) is 59.7 Å². The van der Waals surface area contributed by atoms with Crippen molar-refractivity contribution in [3.8, 4) is 22.9 Å². The van der Waals surface area contributed by atoms with Crippen molar-refractivity contribution < 1.29 is 43.6 Å². The number of rotatable bonds is 15. The first-order valence-electron chi connectivity index (χ1n) is 14.3. The van der Waals surface area contributed by atoms with Crippen LogP contribution in [-0.4, -0.2) is 65.9 Å². The molecule has 1 aliphatic carbocycles. The van der Waals surface area contributed by atoms with Gasteiger partial charge in [-0.15, -0.1) is 4.73 Å². The van der Waals surface area contributed by atoms with E-state index in [9.17, 15) is 24.6 Å². The number of amides is 2. The second-order valence-corrected chi connectivity index (χ2v) is 10.1. The van der Waals surface area contributed by atoms with Crippen LogP contribution in [0.25, 0.3) is 11.1 Å². The van der Waals surface area contributed by atoms with Gasteiger partial charge in [-0.3, -0.25) is 14.4 Å². The molecule has 3 aromatic rings. The van der Waals surface area contributed by atoms with Crippen LogP contribution in [0.1, 0.15) is 56.6 Å². The lowest BCUT2D eigenvalue weighted by Crippen LogP contribution is -2.22. The standard InChI is InChI=1S/C31H37N3O9/c1-3-5-13-40-18-27(35)32-20-7-9-22-23-10-8-21(33-28(36)19-41-14-6-4-2)16-25(23)26(24(22)15-20)17-42-31(39)43-34-29(37)11-12-30(34)38/h7-12,15-16,26,37-38H,3-6,13-14,17-19H2,1-2H3,(H,32,35)(H,33,36). The second kappa shape index (κ2) is 15.1. The number of anilines is 2. The molecular formula is C31H37N3O9. The third-order valence-electron chi connectivity index (χ3n) is 6.79. The van der Waals surface area contributed by atoms with E-state index in [1.54, 1.807) is 12.1 Å². The molecule has 0 bridgehead atoms. The summed E-state index contributed by atoms with van der Waals surface area (Å²) in [6.07, 6.45) is 2.52. The minimum absolute atomic E-state index is 0.0695. The van der Waals surface area contributed by atoms with Crippen molar-refractivity contribution in [1.29, 1.82) is 0 Å². The van der Waals surface area contributed by atoms with Crippen LogP contribution in [0.3, 0.4) is 0 Å². The van der Waals surface area contributed by atoms with Crippen molar-refractivity contribution >= 4 is 29.3 Å². The van der Waals surface area contributed by atoms with Gasteiger partial charge in [0.25, 0.3) is 0 Å². The molecule has 43 heavy (non-hydrogen) atoms. The van der Waals surface area contributed by atoms with E-state index in [2.05, 4.69) is 10.6 Å². The first-order chi connectivity index (χ1) is 20.8. The number of carbonyl (C=O) groups excluding carboxylic acids is 3. The van der Waals surface area contributed by atoms with Gasteiger partial charge in [-0.2, -0.15) is 0 Å². The zero-order valence-corrected chi connectivity index (χ0v) is 24.3. The molecule has 4 rings (SSSR count). The molecule has 12 nitrogen and oxygen atoms in total. The molecule has 0 unspecified atom stereocenters. The maximum Gasteiger partial charge on any atom is 0.534 e. The van der Waals surface area contributed by atoms with Crippen LogP contribution in [0.15, 0.2) is 48.5 Å². The molecule has 2 aromatic carbocycles. The monoisotopic (exact) mass is 595 g/mol. The largest absolute Gasteiger partial charge is 0.534 e. The molecule has 0 fully saturated rings. The third-order valence-corrected chi connectivity index (χ3v) is 6.79. The van der Waals surface area contributed by atoms with Crippen LogP contribution in [0.2, 0.25) is 0 Å². The number of ether oxygens (including phenoxy) is 3. The van der Waals surface area contributed by atoms with Gasteiger partial charge in [-0.05, 0) is 59.4 Å². The smallest absolute Gasteiger partial charge is 0.492 e. The van der Waals surface area contributed by atoms with Crippen molar-refractivity contribution in [2.45, 2.75) is 45.4 Å². The molecule has 12 heteroatoms. The van der Waals surface area contributed by atoms with E-state index < -0.39 is 23.8 Å². The van der Waals surface area contributed by atoms with Gasteiger partial charge in [-0.25, -0.2) is 4.79 Å². The van der Waals surface area contributed by atoms with E-state index in [4.69, 9.17) is 19.0 Å². The van der Waals surface area contributed by atoms with Crippen LogP contribution in [0, 0.1) is 0 Å². The Morgan fingerprint density at radius 1 is 0.767 bits per heavy atom. The predicted molar refractivity (Wildman–Crippen MR) is 158 cm³/mol. The Morgan fingerprint density at radius 3 is 1.72 bits per heavy atom. The summed E-state index contributed by atoms with van der Waals surface area (Å²) in [6.45, 7) is 4.78. The van der Waals surface area contributed by atoms with E-state index in [-0.39, 0.29) is 31.6 Å². The molecule has 1 aromatic heterocycles. The highest BCUT2D eigenvalue weighted by Crippen LogP contribution is 2.47. The fourth-order valence-electron chi connectivity index (χ4n) is 4.66. The van der Waals surface area contributed by atoms with Crippen LogP contribution in [0.4, 0.5) is 16.2 Å². The summed E-state index contributed by atoms with van der Waals surface area (Å²) in [4.78, 5) is 42.3.